The molecule has 20 heavy (non-hydrogen) atoms. The van der Waals surface area contributed by atoms with Crippen LogP contribution in [0.3, 0.4) is 0 Å². The number of H-pyrrole nitrogens is 1. The third-order valence-electron chi connectivity index (χ3n) is 3.23. The van der Waals surface area contributed by atoms with Crippen molar-refractivity contribution >= 4 is 34.2 Å². The van der Waals surface area contributed by atoms with Gasteiger partial charge in [0.2, 0.25) is 5.95 Å². The fourth-order valence-electron chi connectivity index (χ4n) is 2.12. The zero-order valence-corrected chi connectivity index (χ0v) is 12.3. The molecule has 0 spiro atoms. The molecule has 2 aromatic carbocycles. The Morgan fingerprint density at radius 1 is 1.15 bits per heavy atom. The minimum Gasteiger partial charge on any atom is -0.323 e. The number of fused-ring (bicyclic) bond motifs is 1. The zero-order chi connectivity index (χ0) is 13.9. The zero-order valence-electron chi connectivity index (χ0n) is 11.5. The molecule has 0 unspecified atom stereocenters. The van der Waals surface area contributed by atoms with Crippen LogP contribution < -0.4 is 5.32 Å². The second kappa shape index (κ2) is 5.54. The van der Waals surface area contributed by atoms with Crippen LogP contribution in [0.5, 0.6) is 0 Å². The summed E-state index contributed by atoms with van der Waals surface area (Å²) in [6, 6.07) is 12.9. The molecule has 0 saturated carbocycles. The first-order chi connectivity index (χ1) is 9.78. The molecule has 2 N–H and O–H groups in total. The van der Waals surface area contributed by atoms with Crippen LogP contribution in [-0.4, -0.2) is 21.4 Å². The molecule has 3 rings (SSSR count). The van der Waals surface area contributed by atoms with Gasteiger partial charge in [-0.2, -0.15) is 4.98 Å². The maximum absolute atomic E-state index is 4.32. The van der Waals surface area contributed by atoms with Crippen molar-refractivity contribution in [2.24, 2.45) is 0 Å². The van der Waals surface area contributed by atoms with Gasteiger partial charge in [0.15, 0.2) is 5.16 Å². The molecule has 0 bridgehead atoms. The van der Waals surface area contributed by atoms with E-state index in [0.29, 0.717) is 5.95 Å². The maximum atomic E-state index is 4.32. The molecule has 0 radical (unpaired) electrons. The van der Waals surface area contributed by atoms with E-state index in [-0.39, 0.29) is 0 Å². The van der Waals surface area contributed by atoms with Crippen LogP contribution in [-0.2, 0) is 6.42 Å². The second-order valence-corrected chi connectivity index (χ2v) is 5.34. The number of aryl methyl sites for hydroxylation is 1. The summed E-state index contributed by atoms with van der Waals surface area (Å²) in [5.74, 6) is 0.596. The summed E-state index contributed by atoms with van der Waals surface area (Å²) in [5, 5.41) is 13.5. The van der Waals surface area contributed by atoms with Gasteiger partial charge in [0.25, 0.3) is 0 Å². The largest absolute Gasteiger partial charge is 0.323 e. The summed E-state index contributed by atoms with van der Waals surface area (Å²) in [4.78, 5) is 4.32. The predicted molar refractivity (Wildman–Crippen MR) is 84.8 cm³/mol. The Balaban J connectivity index is 1.88. The first kappa shape index (κ1) is 13.0. The summed E-state index contributed by atoms with van der Waals surface area (Å²) < 4.78 is 0. The van der Waals surface area contributed by atoms with Crippen molar-refractivity contribution < 1.29 is 0 Å². The number of aromatic nitrogens is 3. The van der Waals surface area contributed by atoms with Crippen LogP contribution in [0.4, 0.5) is 11.6 Å². The highest BCUT2D eigenvalue weighted by Gasteiger charge is 2.03. The molecule has 0 amide bonds. The number of hydrogen-bond donors (Lipinski definition) is 2. The van der Waals surface area contributed by atoms with Crippen molar-refractivity contribution in [3.05, 3.63) is 42.0 Å². The highest BCUT2D eigenvalue weighted by molar-refractivity contribution is 7.98. The molecule has 1 heterocycles. The van der Waals surface area contributed by atoms with Crippen molar-refractivity contribution in [2.45, 2.75) is 18.5 Å². The van der Waals surface area contributed by atoms with E-state index in [4.69, 9.17) is 0 Å². The van der Waals surface area contributed by atoms with E-state index in [1.807, 2.05) is 6.26 Å². The molecule has 4 nitrogen and oxygen atoms in total. The van der Waals surface area contributed by atoms with E-state index >= 15 is 0 Å². The van der Waals surface area contributed by atoms with Crippen LogP contribution in [0.1, 0.15) is 12.5 Å². The van der Waals surface area contributed by atoms with Crippen LogP contribution in [0.15, 0.2) is 41.6 Å². The van der Waals surface area contributed by atoms with Gasteiger partial charge in [-0.3, -0.25) is 5.10 Å². The summed E-state index contributed by atoms with van der Waals surface area (Å²) >= 11 is 1.54. The third-order valence-corrected chi connectivity index (χ3v) is 3.80. The molecule has 5 heteroatoms. The average Bonchev–Trinajstić information content (AvgIpc) is 2.94. The molecule has 0 atom stereocenters. The summed E-state index contributed by atoms with van der Waals surface area (Å²) in [6.45, 7) is 2.17. The van der Waals surface area contributed by atoms with E-state index in [1.165, 1.54) is 28.1 Å². The second-order valence-electron chi connectivity index (χ2n) is 4.54. The van der Waals surface area contributed by atoms with Crippen LogP contribution in [0, 0.1) is 0 Å². The monoisotopic (exact) mass is 284 g/mol. The number of thioether (sulfide) groups is 1. The van der Waals surface area contributed by atoms with Crippen LogP contribution in [0.25, 0.3) is 10.8 Å². The molecule has 0 saturated heterocycles. The van der Waals surface area contributed by atoms with Gasteiger partial charge < -0.3 is 5.32 Å². The average molecular weight is 284 g/mol. The van der Waals surface area contributed by atoms with E-state index in [9.17, 15) is 0 Å². The molecule has 0 fully saturated rings. The number of nitrogens with zero attached hydrogens (tertiary/aromatic N) is 2. The Kier molecular flexibility index (Phi) is 3.60. The summed E-state index contributed by atoms with van der Waals surface area (Å²) in [5.41, 5.74) is 2.35. The lowest BCUT2D eigenvalue weighted by atomic mass is 10.1. The minimum atomic E-state index is 0.596. The lowest BCUT2D eigenvalue weighted by Crippen LogP contribution is -1.92. The van der Waals surface area contributed by atoms with Crippen molar-refractivity contribution in [1.29, 1.82) is 0 Å². The minimum absolute atomic E-state index is 0.596. The molecule has 1 aromatic heterocycles. The van der Waals surface area contributed by atoms with Gasteiger partial charge in [0, 0.05) is 5.69 Å². The fourth-order valence-corrected chi connectivity index (χ4v) is 2.43. The van der Waals surface area contributed by atoms with E-state index in [1.54, 1.807) is 0 Å². The lowest BCUT2D eigenvalue weighted by Gasteiger charge is -2.05. The number of aromatic amines is 1. The SMILES string of the molecule is CCc1ccc2cc(Nc3n[nH]c(SC)n3)ccc2c1. The van der Waals surface area contributed by atoms with Crippen LogP contribution >= 0.6 is 11.8 Å². The van der Waals surface area contributed by atoms with Gasteiger partial charge in [-0.05, 0) is 41.1 Å². The first-order valence-electron chi connectivity index (χ1n) is 6.54. The number of anilines is 2. The van der Waals surface area contributed by atoms with Gasteiger partial charge in [0.1, 0.15) is 0 Å². The Hall–Kier alpha value is -2.01. The highest BCUT2D eigenvalue weighted by atomic mass is 32.2. The molecular weight excluding hydrogens is 268 g/mol. The Morgan fingerprint density at radius 3 is 2.70 bits per heavy atom. The van der Waals surface area contributed by atoms with Gasteiger partial charge in [-0.15, -0.1) is 5.10 Å². The van der Waals surface area contributed by atoms with Crippen LogP contribution in [0.2, 0.25) is 0 Å². The highest BCUT2D eigenvalue weighted by Crippen LogP contribution is 2.23. The third kappa shape index (κ3) is 2.63. The Morgan fingerprint density at radius 2 is 1.95 bits per heavy atom. The van der Waals surface area contributed by atoms with E-state index < -0.39 is 0 Å². The van der Waals surface area contributed by atoms with Gasteiger partial charge >= 0.3 is 0 Å². The standard InChI is InChI=1S/C15H16N4S/c1-3-10-4-5-12-9-13(7-6-11(12)8-10)16-14-17-15(20-2)19-18-14/h4-9H,3H2,1-2H3,(H2,16,17,18,19). The topological polar surface area (TPSA) is 53.6 Å². The van der Waals surface area contributed by atoms with E-state index in [0.717, 1.165) is 17.3 Å². The smallest absolute Gasteiger partial charge is 0.247 e. The van der Waals surface area contributed by atoms with Crippen molar-refractivity contribution in [1.82, 2.24) is 15.2 Å². The summed E-state index contributed by atoms with van der Waals surface area (Å²) in [6.07, 6.45) is 3.02. The maximum Gasteiger partial charge on any atom is 0.247 e. The van der Waals surface area contributed by atoms with E-state index in [2.05, 4.69) is 63.8 Å². The van der Waals surface area contributed by atoms with Crippen molar-refractivity contribution in [3.63, 3.8) is 0 Å². The van der Waals surface area contributed by atoms with Gasteiger partial charge in [-0.1, -0.05) is 43.0 Å². The predicted octanol–water partition coefficient (Wildman–Crippen LogP) is 3.99. The summed E-state index contributed by atoms with van der Waals surface area (Å²) in [7, 11) is 0. The molecule has 0 aliphatic rings. The van der Waals surface area contributed by atoms with Gasteiger partial charge in [0.05, 0.1) is 0 Å². The molecule has 102 valence electrons. The van der Waals surface area contributed by atoms with Gasteiger partial charge in [-0.25, -0.2) is 0 Å². The molecule has 0 aliphatic carbocycles. The van der Waals surface area contributed by atoms with Crippen molar-refractivity contribution in [2.75, 3.05) is 11.6 Å². The number of rotatable bonds is 4. The molecule has 0 aliphatic heterocycles. The quantitative estimate of drug-likeness (QED) is 0.711. The normalized spacial score (nSPS) is 10.9. The Labute approximate surface area is 122 Å². The van der Waals surface area contributed by atoms with Crippen molar-refractivity contribution in [3.8, 4) is 0 Å². The molecular formula is C15H16N4S. The Bertz CT molecular complexity index is 736. The first-order valence-corrected chi connectivity index (χ1v) is 7.77. The number of nitrogens with one attached hydrogen (secondary N) is 2. The number of hydrogen-bond acceptors (Lipinski definition) is 4. The lowest BCUT2D eigenvalue weighted by molar-refractivity contribution is 0.976. The number of benzene rings is 2. The fraction of sp³-hybridized carbons (Fsp3) is 0.200. The molecule has 3 aromatic rings.